The molecular weight excluding hydrogens is 414 g/mol. The van der Waals surface area contributed by atoms with Crippen LogP contribution in [0.1, 0.15) is 23.8 Å². The SMILES string of the molecule is C[C@H]1CCc2c(sc3nc(-c4cccnc4)nc(N4CCN(c5ccccc5)CC4)c23)C1. The molecule has 0 unspecified atom stereocenters. The van der Waals surface area contributed by atoms with Crippen LogP contribution in [-0.4, -0.2) is 41.1 Å². The van der Waals surface area contributed by atoms with E-state index in [-0.39, 0.29) is 0 Å². The highest BCUT2D eigenvalue weighted by molar-refractivity contribution is 7.19. The van der Waals surface area contributed by atoms with Gasteiger partial charge in [0.05, 0.1) is 5.39 Å². The van der Waals surface area contributed by atoms with Gasteiger partial charge in [-0.05, 0) is 55.0 Å². The molecule has 1 aliphatic carbocycles. The summed E-state index contributed by atoms with van der Waals surface area (Å²) in [6, 6.07) is 14.7. The van der Waals surface area contributed by atoms with E-state index in [0.29, 0.717) is 0 Å². The predicted octanol–water partition coefficient (Wildman–Crippen LogP) is 5.20. The molecule has 0 radical (unpaired) electrons. The van der Waals surface area contributed by atoms with E-state index in [1.54, 1.807) is 6.20 Å². The Kier molecular flexibility index (Phi) is 5.02. The number of para-hydroxylation sites is 1. The maximum absolute atomic E-state index is 5.15. The summed E-state index contributed by atoms with van der Waals surface area (Å²) in [4.78, 5) is 22.1. The van der Waals surface area contributed by atoms with E-state index < -0.39 is 0 Å². The van der Waals surface area contributed by atoms with Crippen molar-refractivity contribution in [2.45, 2.75) is 26.2 Å². The summed E-state index contributed by atoms with van der Waals surface area (Å²) in [6.07, 6.45) is 7.23. The van der Waals surface area contributed by atoms with Gasteiger partial charge in [-0.25, -0.2) is 9.97 Å². The van der Waals surface area contributed by atoms with Gasteiger partial charge in [0.1, 0.15) is 10.6 Å². The number of hydrogen-bond donors (Lipinski definition) is 0. The number of anilines is 2. The Morgan fingerprint density at radius 3 is 2.53 bits per heavy atom. The zero-order chi connectivity index (χ0) is 21.5. The van der Waals surface area contributed by atoms with E-state index in [1.807, 2.05) is 23.6 Å². The van der Waals surface area contributed by atoms with E-state index in [9.17, 15) is 0 Å². The molecule has 2 aliphatic rings. The molecule has 0 amide bonds. The van der Waals surface area contributed by atoms with Gasteiger partial charge in [-0.1, -0.05) is 25.1 Å². The Morgan fingerprint density at radius 2 is 1.75 bits per heavy atom. The summed E-state index contributed by atoms with van der Waals surface area (Å²) < 4.78 is 0. The van der Waals surface area contributed by atoms with Crippen LogP contribution in [0.25, 0.3) is 21.6 Å². The lowest BCUT2D eigenvalue weighted by Crippen LogP contribution is -2.47. The monoisotopic (exact) mass is 441 g/mol. The molecule has 0 spiro atoms. The first-order valence-corrected chi connectivity index (χ1v) is 12.4. The first kappa shape index (κ1) is 19.7. The van der Waals surface area contributed by atoms with Crippen molar-refractivity contribution in [3.05, 3.63) is 65.3 Å². The Labute approximate surface area is 192 Å². The zero-order valence-corrected chi connectivity index (χ0v) is 19.2. The zero-order valence-electron chi connectivity index (χ0n) is 18.4. The van der Waals surface area contributed by atoms with Crippen LogP contribution >= 0.6 is 11.3 Å². The van der Waals surface area contributed by atoms with Crippen molar-refractivity contribution in [3.8, 4) is 11.4 Å². The van der Waals surface area contributed by atoms with Crippen molar-refractivity contribution in [1.29, 1.82) is 0 Å². The quantitative estimate of drug-likeness (QED) is 0.437. The summed E-state index contributed by atoms with van der Waals surface area (Å²) in [6.45, 7) is 6.30. The highest BCUT2D eigenvalue weighted by atomic mass is 32.1. The minimum absolute atomic E-state index is 0.749. The average molecular weight is 442 g/mol. The third-order valence-corrected chi connectivity index (χ3v) is 7.90. The van der Waals surface area contributed by atoms with Gasteiger partial charge in [-0.2, -0.15) is 0 Å². The van der Waals surface area contributed by atoms with Gasteiger partial charge in [0.15, 0.2) is 5.82 Å². The highest BCUT2D eigenvalue weighted by Crippen LogP contribution is 2.42. The van der Waals surface area contributed by atoms with E-state index in [4.69, 9.17) is 9.97 Å². The van der Waals surface area contributed by atoms with Gasteiger partial charge in [0.25, 0.3) is 0 Å². The predicted molar refractivity (Wildman–Crippen MR) is 133 cm³/mol. The topological polar surface area (TPSA) is 45.2 Å². The number of nitrogens with zero attached hydrogens (tertiary/aromatic N) is 5. The lowest BCUT2D eigenvalue weighted by molar-refractivity contribution is 0.509. The summed E-state index contributed by atoms with van der Waals surface area (Å²) in [7, 11) is 0. The van der Waals surface area contributed by atoms with Crippen molar-refractivity contribution in [3.63, 3.8) is 0 Å². The van der Waals surface area contributed by atoms with E-state index in [0.717, 1.165) is 60.6 Å². The molecule has 0 bridgehead atoms. The Morgan fingerprint density at radius 1 is 0.938 bits per heavy atom. The molecule has 6 rings (SSSR count). The summed E-state index contributed by atoms with van der Waals surface area (Å²) in [5.41, 5.74) is 3.79. The largest absolute Gasteiger partial charge is 0.368 e. The van der Waals surface area contributed by atoms with Crippen LogP contribution in [0.2, 0.25) is 0 Å². The number of aryl methyl sites for hydroxylation is 1. The smallest absolute Gasteiger partial charge is 0.164 e. The van der Waals surface area contributed by atoms with Crippen LogP contribution in [0.4, 0.5) is 11.5 Å². The van der Waals surface area contributed by atoms with Gasteiger partial charge in [-0.15, -0.1) is 11.3 Å². The van der Waals surface area contributed by atoms with Crippen molar-refractivity contribution >= 4 is 33.1 Å². The maximum atomic E-state index is 5.15. The number of pyridine rings is 1. The van der Waals surface area contributed by atoms with Crippen LogP contribution in [0.5, 0.6) is 0 Å². The first-order valence-electron chi connectivity index (χ1n) is 11.5. The second-order valence-electron chi connectivity index (χ2n) is 8.95. The summed E-state index contributed by atoms with van der Waals surface area (Å²) >= 11 is 1.88. The lowest BCUT2D eigenvalue weighted by atomic mass is 9.89. The Bertz CT molecular complexity index is 1230. The molecule has 1 atom stereocenters. The molecular formula is C26H27N5S. The molecule has 0 saturated carbocycles. The van der Waals surface area contributed by atoms with Crippen LogP contribution in [-0.2, 0) is 12.8 Å². The molecule has 1 aromatic carbocycles. The molecule has 0 N–H and O–H groups in total. The van der Waals surface area contributed by atoms with Crippen LogP contribution in [0.3, 0.4) is 0 Å². The Hall–Kier alpha value is -2.99. The third kappa shape index (κ3) is 3.52. The molecule has 1 saturated heterocycles. The summed E-state index contributed by atoms with van der Waals surface area (Å²) in [5, 5.41) is 1.30. The standard InChI is InChI=1S/C26H27N5S/c1-18-9-10-21-22(16-18)32-26-23(21)25(28-24(29-26)19-6-5-11-27-17-19)31-14-12-30(13-15-31)20-7-3-2-4-8-20/h2-8,11,17-18H,9-10,12-16H2,1H3/t18-/m0/s1. The van der Waals surface area contributed by atoms with E-state index >= 15 is 0 Å². The Balaban J connectivity index is 1.41. The molecule has 32 heavy (non-hydrogen) atoms. The summed E-state index contributed by atoms with van der Waals surface area (Å²) in [5.74, 6) is 2.66. The number of hydrogen-bond acceptors (Lipinski definition) is 6. The van der Waals surface area contributed by atoms with Crippen molar-refractivity contribution < 1.29 is 0 Å². The van der Waals surface area contributed by atoms with E-state index in [2.05, 4.69) is 58.1 Å². The average Bonchev–Trinajstić information content (AvgIpc) is 3.22. The number of rotatable bonds is 3. The van der Waals surface area contributed by atoms with Gasteiger partial charge < -0.3 is 9.80 Å². The van der Waals surface area contributed by atoms with Gasteiger partial charge in [0.2, 0.25) is 0 Å². The van der Waals surface area contributed by atoms with Crippen LogP contribution in [0.15, 0.2) is 54.9 Å². The van der Waals surface area contributed by atoms with Crippen molar-refractivity contribution in [2.24, 2.45) is 5.92 Å². The molecule has 1 fully saturated rings. The van der Waals surface area contributed by atoms with Crippen molar-refractivity contribution in [1.82, 2.24) is 15.0 Å². The fourth-order valence-corrected chi connectivity index (χ4v) is 6.37. The second-order valence-corrected chi connectivity index (χ2v) is 10.0. The first-order chi connectivity index (χ1) is 15.8. The highest BCUT2D eigenvalue weighted by Gasteiger charge is 2.28. The van der Waals surface area contributed by atoms with Gasteiger partial charge in [-0.3, -0.25) is 4.98 Å². The fraction of sp³-hybridized carbons (Fsp3) is 0.346. The maximum Gasteiger partial charge on any atom is 0.164 e. The molecule has 162 valence electrons. The van der Waals surface area contributed by atoms with Crippen molar-refractivity contribution in [2.75, 3.05) is 36.0 Å². The molecule has 6 heteroatoms. The number of benzene rings is 1. The lowest BCUT2D eigenvalue weighted by Gasteiger charge is -2.37. The second kappa shape index (κ2) is 8.17. The van der Waals surface area contributed by atoms with Gasteiger partial charge in [0, 0.05) is 54.7 Å². The third-order valence-electron chi connectivity index (χ3n) is 6.76. The number of thiophene rings is 1. The number of fused-ring (bicyclic) bond motifs is 3. The molecule has 1 aliphatic heterocycles. The normalized spacial score (nSPS) is 18.7. The molecule has 4 aromatic rings. The fourth-order valence-electron chi connectivity index (χ4n) is 4.99. The molecule has 3 aromatic heterocycles. The minimum Gasteiger partial charge on any atom is -0.368 e. The van der Waals surface area contributed by atoms with E-state index in [1.165, 1.54) is 34.4 Å². The molecule has 5 nitrogen and oxygen atoms in total. The van der Waals surface area contributed by atoms with Crippen LogP contribution in [0, 0.1) is 5.92 Å². The van der Waals surface area contributed by atoms with Gasteiger partial charge >= 0.3 is 0 Å². The number of piperazine rings is 1. The molecule has 4 heterocycles. The van der Waals surface area contributed by atoms with Crippen LogP contribution < -0.4 is 9.80 Å². The minimum atomic E-state index is 0.749. The number of aromatic nitrogens is 3.